The van der Waals surface area contributed by atoms with Crippen LogP contribution in [0.25, 0.3) is 0 Å². The highest BCUT2D eigenvalue weighted by Gasteiger charge is 2.07. The van der Waals surface area contributed by atoms with Gasteiger partial charge in [0.2, 0.25) is 11.6 Å². The summed E-state index contributed by atoms with van der Waals surface area (Å²) in [5.41, 5.74) is 9.38. The van der Waals surface area contributed by atoms with Gasteiger partial charge in [0.15, 0.2) is 0 Å². The third kappa shape index (κ3) is 3.99. The lowest BCUT2D eigenvalue weighted by atomic mass is 10.1. The molecule has 4 nitrogen and oxygen atoms in total. The molecule has 0 radical (unpaired) electrons. The predicted octanol–water partition coefficient (Wildman–Crippen LogP) is 2.98. The van der Waals surface area contributed by atoms with E-state index in [9.17, 15) is 8.78 Å². The third-order valence-electron chi connectivity index (χ3n) is 2.32. The van der Waals surface area contributed by atoms with Crippen LogP contribution in [-0.2, 0) is 6.42 Å². The van der Waals surface area contributed by atoms with Gasteiger partial charge in [-0.25, -0.2) is 13.8 Å². The average molecular weight is 282 g/mol. The Morgan fingerprint density at radius 3 is 2.89 bits per heavy atom. The molecule has 2 aromatic rings. The minimum Gasteiger partial charge on any atom is -0.383 e. The Morgan fingerprint density at radius 2 is 2.21 bits per heavy atom. The summed E-state index contributed by atoms with van der Waals surface area (Å²) in [6.45, 7) is 0. The highest BCUT2D eigenvalue weighted by atomic mass is 32.1. The molecule has 0 aliphatic carbocycles. The number of nitrogens with two attached hydrogens (primary N) is 1. The van der Waals surface area contributed by atoms with Crippen LogP contribution < -0.4 is 11.2 Å². The van der Waals surface area contributed by atoms with Crippen molar-refractivity contribution < 1.29 is 8.78 Å². The molecule has 0 saturated carbocycles. The van der Waals surface area contributed by atoms with Gasteiger partial charge in [-0.15, -0.1) is 11.3 Å². The summed E-state index contributed by atoms with van der Waals surface area (Å²) < 4.78 is 24.8. The number of hydrogen-bond acceptors (Lipinski definition) is 5. The second-order valence-corrected chi connectivity index (χ2v) is 4.60. The molecule has 0 amide bonds. The maximum absolute atomic E-state index is 12.4. The van der Waals surface area contributed by atoms with E-state index in [0.717, 1.165) is 0 Å². The van der Waals surface area contributed by atoms with E-state index < -0.39 is 6.43 Å². The Hall–Kier alpha value is -2.02. The zero-order valence-electron chi connectivity index (χ0n) is 9.88. The van der Waals surface area contributed by atoms with Gasteiger partial charge >= 0.3 is 0 Å². The molecule has 0 aliphatic heterocycles. The van der Waals surface area contributed by atoms with Crippen LogP contribution in [0.4, 0.5) is 19.7 Å². The normalized spacial score (nSPS) is 11.3. The number of nitrogen functional groups attached to an aromatic ring is 1. The molecule has 0 fully saturated rings. The second-order valence-electron chi connectivity index (χ2n) is 3.74. The lowest BCUT2D eigenvalue weighted by Crippen LogP contribution is -2.01. The molecule has 1 aromatic heterocycles. The summed E-state index contributed by atoms with van der Waals surface area (Å²) in [6, 6.07) is 6.90. The number of halogens is 2. The predicted molar refractivity (Wildman–Crippen MR) is 73.9 cm³/mol. The van der Waals surface area contributed by atoms with Crippen LogP contribution in [0.5, 0.6) is 0 Å². The summed E-state index contributed by atoms with van der Waals surface area (Å²) in [5, 5.41) is 6.20. The average Bonchev–Trinajstić information content (AvgIpc) is 2.77. The van der Waals surface area contributed by atoms with Gasteiger partial charge in [0, 0.05) is 11.8 Å². The van der Waals surface area contributed by atoms with Crippen LogP contribution in [0.15, 0.2) is 34.7 Å². The Balaban J connectivity index is 2.05. The standard InChI is InChI=1S/C12H12F2N4S/c13-10(14)5-8-3-1-2-4-9(8)6-16-18-12-17-11(15)7-19-12/h1-4,6-7,10H,5,15H2,(H,17,18). The Morgan fingerprint density at radius 1 is 1.42 bits per heavy atom. The van der Waals surface area contributed by atoms with Crippen molar-refractivity contribution in [3.8, 4) is 0 Å². The largest absolute Gasteiger partial charge is 0.383 e. The molecular formula is C12H12F2N4S. The molecular weight excluding hydrogens is 270 g/mol. The first-order valence-corrected chi connectivity index (χ1v) is 6.39. The molecule has 0 atom stereocenters. The van der Waals surface area contributed by atoms with E-state index >= 15 is 0 Å². The number of anilines is 2. The first-order valence-electron chi connectivity index (χ1n) is 5.51. The van der Waals surface area contributed by atoms with Crippen molar-refractivity contribution in [3.63, 3.8) is 0 Å². The zero-order chi connectivity index (χ0) is 13.7. The third-order valence-corrected chi connectivity index (χ3v) is 3.08. The fourth-order valence-electron chi connectivity index (χ4n) is 1.51. The topological polar surface area (TPSA) is 63.3 Å². The molecule has 0 unspecified atom stereocenters. The van der Waals surface area contributed by atoms with Crippen molar-refractivity contribution in [3.05, 3.63) is 40.8 Å². The van der Waals surface area contributed by atoms with E-state index in [1.54, 1.807) is 29.6 Å². The van der Waals surface area contributed by atoms with E-state index in [0.29, 0.717) is 22.1 Å². The van der Waals surface area contributed by atoms with Crippen molar-refractivity contribution in [2.45, 2.75) is 12.8 Å². The molecule has 1 heterocycles. The number of alkyl halides is 2. The zero-order valence-corrected chi connectivity index (χ0v) is 10.7. The van der Waals surface area contributed by atoms with Gasteiger partial charge in [-0.2, -0.15) is 5.10 Å². The summed E-state index contributed by atoms with van der Waals surface area (Å²) in [6.07, 6.45) is -1.16. The highest BCUT2D eigenvalue weighted by molar-refractivity contribution is 7.14. The number of hydrogen-bond donors (Lipinski definition) is 2. The van der Waals surface area contributed by atoms with Crippen molar-refractivity contribution in [2.75, 3.05) is 11.2 Å². The number of benzene rings is 1. The molecule has 0 spiro atoms. The van der Waals surface area contributed by atoms with E-state index in [4.69, 9.17) is 5.73 Å². The number of hydrazone groups is 1. The lowest BCUT2D eigenvalue weighted by Gasteiger charge is -2.04. The lowest BCUT2D eigenvalue weighted by molar-refractivity contribution is 0.149. The van der Waals surface area contributed by atoms with Crippen LogP contribution in [-0.4, -0.2) is 17.6 Å². The summed E-state index contributed by atoms with van der Waals surface area (Å²) in [7, 11) is 0. The summed E-state index contributed by atoms with van der Waals surface area (Å²) >= 11 is 1.32. The molecule has 19 heavy (non-hydrogen) atoms. The fraction of sp³-hybridized carbons (Fsp3) is 0.167. The Kier molecular flexibility index (Phi) is 4.40. The maximum atomic E-state index is 12.4. The fourth-order valence-corrected chi connectivity index (χ4v) is 2.06. The van der Waals surface area contributed by atoms with Gasteiger partial charge in [0.05, 0.1) is 6.21 Å². The monoisotopic (exact) mass is 282 g/mol. The van der Waals surface area contributed by atoms with Crippen molar-refractivity contribution in [1.29, 1.82) is 0 Å². The van der Waals surface area contributed by atoms with Gasteiger partial charge in [-0.1, -0.05) is 24.3 Å². The number of rotatable bonds is 5. The summed E-state index contributed by atoms with van der Waals surface area (Å²) in [4.78, 5) is 3.96. The van der Waals surface area contributed by atoms with Crippen molar-refractivity contribution in [2.24, 2.45) is 5.10 Å². The van der Waals surface area contributed by atoms with Gasteiger partial charge in [-0.3, -0.25) is 5.43 Å². The van der Waals surface area contributed by atoms with Crippen molar-refractivity contribution >= 4 is 28.5 Å². The number of nitrogens with one attached hydrogen (secondary N) is 1. The van der Waals surface area contributed by atoms with Crippen LogP contribution in [0.1, 0.15) is 11.1 Å². The van der Waals surface area contributed by atoms with Gasteiger partial charge in [-0.05, 0) is 11.1 Å². The van der Waals surface area contributed by atoms with E-state index in [-0.39, 0.29) is 6.42 Å². The summed E-state index contributed by atoms with van der Waals surface area (Å²) in [5.74, 6) is 0.417. The van der Waals surface area contributed by atoms with Gasteiger partial charge in [0.25, 0.3) is 0 Å². The van der Waals surface area contributed by atoms with E-state index in [1.165, 1.54) is 17.6 Å². The molecule has 3 N–H and O–H groups in total. The molecule has 100 valence electrons. The van der Waals surface area contributed by atoms with Gasteiger partial charge < -0.3 is 5.73 Å². The first-order chi connectivity index (χ1) is 9.15. The van der Waals surface area contributed by atoms with Crippen LogP contribution in [0.3, 0.4) is 0 Å². The Labute approximate surface area is 113 Å². The SMILES string of the molecule is Nc1csc(NN=Cc2ccccc2CC(F)F)n1. The maximum Gasteiger partial charge on any atom is 0.242 e. The first kappa shape index (κ1) is 13.4. The number of thiazole rings is 1. The van der Waals surface area contributed by atoms with Crippen molar-refractivity contribution in [1.82, 2.24) is 4.98 Å². The molecule has 0 aliphatic rings. The van der Waals surface area contributed by atoms with Crippen LogP contribution >= 0.6 is 11.3 Å². The minimum absolute atomic E-state index is 0.285. The molecule has 7 heteroatoms. The van der Waals surface area contributed by atoms with Crippen LogP contribution in [0.2, 0.25) is 0 Å². The molecule has 0 bridgehead atoms. The molecule has 2 rings (SSSR count). The second kappa shape index (κ2) is 6.24. The van der Waals surface area contributed by atoms with E-state index in [2.05, 4.69) is 15.5 Å². The number of nitrogens with zero attached hydrogens (tertiary/aromatic N) is 2. The quantitative estimate of drug-likeness (QED) is 0.654. The van der Waals surface area contributed by atoms with Crippen LogP contribution in [0, 0.1) is 0 Å². The number of aromatic nitrogens is 1. The molecule has 1 aromatic carbocycles. The van der Waals surface area contributed by atoms with E-state index in [1.807, 2.05) is 0 Å². The molecule has 0 saturated heterocycles. The minimum atomic E-state index is -2.37. The van der Waals surface area contributed by atoms with Gasteiger partial charge in [0.1, 0.15) is 5.82 Å². The Bertz CT molecular complexity index is 568. The smallest absolute Gasteiger partial charge is 0.242 e. The highest BCUT2D eigenvalue weighted by Crippen LogP contribution is 2.16.